The van der Waals surface area contributed by atoms with Crippen LogP contribution in [-0.4, -0.2) is 154 Å². The molecule has 0 spiro atoms. The number of aromatic nitrogens is 3. The van der Waals surface area contributed by atoms with E-state index >= 15 is 0 Å². The summed E-state index contributed by atoms with van der Waals surface area (Å²) in [5, 5.41) is 20.2. The molecule has 0 bridgehead atoms. The number of aryl methyl sites for hydroxylation is 1. The van der Waals surface area contributed by atoms with E-state index < -0.39 is 71.5 Å². The topological polar surface area (TPSA) is 184 Å². The summed E-state index contributed by atoms with van der Waals surface area (Å²) in [5.74, 6) is -3.22. The van der Waals surface area contributed by atoms with Crippen LogP contribution in [0.5, 0.6) is 0 Å². The molecule has 4 heterocycles. The Morgan fingerprint density at radius 2 is 1.82 bits per heavy atom. The normalized spacial score (nSPS) is 35.5. The number of nitrogens with zero attached hydrogens (tertiary/aromatic N) is 6. The fourth-order valence-electron chi connectivity index (χ4n) is 10.1. The molecule has 13 atom stereocenters. The van der Waals surface area contributed by atoms with Crippen LogP contribution in [0.2, 0.25) is 0 Å². The van der Waals surface area contributed by atoms with E-state index in [0.717, 1.165) is 11.3 Å². The predicted octanol–water partition coefficient (Wildman–Crippen LogP) is 5.18. The standard InChI is InChI=1S/C46H73N7O9/c1-13-18-35-40-46(8,62-44(57)53(40)22-16-15-21-52-27-34(48-49-52)32-19-17-20-33(47)24-32)37(14-2)60-42(56)31(6)38(54)30(5)41(45(7,58-12)25-28(3)26-51(35)11)61-43-39(55)36(50(9)10)23-29(4)59-43/h13,17,19-20,24,27-31,35-37,39-41,43,55H,1,14-16,18,21-23,25-26,47H2,2-12H3/t28-,29-,30+,31-,35-,36?,37-,39?,40-,41-,43+,45-,46-/m1/s1. The number of amides is 1. The number of nitrogen functional groups attached to an aromatic ring is 1. The number of rotatable bonds is 13. The smallest absolute Gasteiger partial charge is 0.410 e. The van der Waals surface area contributed by atoms with E-state index in [-0.39, 0.29) is 24.1 Å². The average molecular weight is 868 g/mol. The summed E-state index contributed by atoms with van der Waals surface area (Å²) < 4.78 is 33.7. The number of unbranched alkanes of at least 4 members (excludes halogenated alkanes) is 1. The van der Waals surface area contributed by atoms with Crippen LogP contribution in [0.3, 0.4) is 0 Å². The first kappa shape index (κ1) is 49.1. The van der Waals surface area contributed by atoms with Gasteiger partial charge in [0.1, 0.15) is 23.8 Å². The van der Waals surface area contributed by atoms with E-state index in [2.05, 4.69) is 28.7 Å². The maximum absolute atomic E-state index is 14.5. The van der Waals surface area contributed by atoms with Gasteiger partial charge in [-0.1, -0.05) is 44.2 Å². The average Bonchev–Trinajstić information content (AvgIpc) is 3.80. The minimum Gasteiger partial charge on any atom is -0.458 e. The Hall–Kier alpha value is -3.93. The number of carbonyl (C=O) groups excluding carboxylic acids is 3. The summed E-state index contributed by atoms with van der Waals surface area (Å²) >= 11 is 0. The molecule has 3 N–H and O–H groups in total. The second kappa shape index (κ2) is 20.7. The van der Waals surface area contributed by atoms with Gasteiger partial charge < -0.3 is 44.3 Å². The number of benzene rings is 1. The number of aliphatic hydroxyl groups excluding tert-OH is 1. The number of ketones is 1. The van der Waals surface area contributed by atoms with Crippen molar-refractivity contribution in [2.75, 3.05) is 47.1 Å². The first-order valence-electron chi connectivity index (χ1n) is 22.3. The van der Waals surface area contributed by atoms with Gasteiger partial charge in [0.25, 0.3) is 0 Å². The van der Waals surface area contributed by atoms with E-state index in [1.165, 1.54) is 0 Å². The van der Waals surface area contributed by atoms with Gasteiger partial charge in [-0.3, -0.25) is 19.2 Å². The lowest BCUT2D eigenvalue weighted by Crippen LogP contribution is -2.61. The first-order valence-corrected chi connectivity index (χ1v) is 22.3. The quantitative estimate of drug-likeness (QED) is 0.0883. The fraction of sp³-hybridized carbons (Fsp3) is 0.717. The Morgan fingerprint density at radius 1 is 1.11 bits per heavy atom. The molecule has 5 rings (SSSR count). The second-order valence-electron chi connectivity index (χ2n) is 18.6. The van der Waals surface area contributed by atoms with Gasteiger partial charge in [-0.25, -0.2) is 4.79 Å². The number of hydrogen-bond acceptors (Lipinski definition) is 14. The van der Waals surface area contributed by atoms with Gasteiger partial charge in [0.05, 0.1) is 30.0 Å². The number of cyclic esters (lactones) is 1. The molecule has 0 radical (unpaired) electrons. The minimum absolute atomic E-state index is 0.0312. The van der Waals surface area contributed by atoms with E-state index in [4.69, 9.17) is 29.4 Å². The van der Waals surface area contributed by atoms with Gasteiger partial charge in [0.2, 0.25) is 0 Å². The number of carbonyl (C=O) groups is 3. The van der Waals surface area contributed by atoms with Gasteiger partial charge in [-0.15, -0.1) is 11.7 Å². The van der Waals surface area contributed by atoms with E-state index in [9.17, 15) is 19.5 Å². The van der Waals surface area contributed by atoms with Crippen molar-refractivity contribution in [1.29, 1.82) is 0 Å². The number of nitrogens with two attached hydrogens (primary N) is 1. The van der Waals surface area contributed by atoms with Gasteiger partial charge >= 0.3 is 12.1 Å². The van der Waals surface area contributed by atoms with Crippen molar-refractivity contribution in [1.82, 2.24) is 29.7 Å². The van der Waals surface area contributed by atoms with Crippen LogP contribution in [0.4, 0.5) is 10.5 Å². The Morgan fingerprint density at radius 3 is 2.47 bits per heavy atom. The highest BCUT2D eigenvalue weighted by Crippen LogP contribution is 2.42. The lowest BCUT2D eigenvalue weighted by molar-refractivity contribution is -0.295. The molecule has 0 saturated carbocycles. The van der Waals surface area contributed by atoms with E-state index in [1.807, 2.05) is 90.3 Å². The largest absolute Gasteiger partial charge is 0.458 e. The third-order valence-corrected chi connectivity index (χ3v) is 13.5. The Bertz CT molecular complexity index is 1840. The summed E-state index contributed by atoms with van der Waals surface area (Å²) in [6.07, 6.45) is 2.41. The Labute approximate surface area is 368 Å². The number of hydrogen-bond donors (Lipinski definition) is 2. The highest BCUT2D eigenvalue weighted by atomic mass is 16.7. The number of esters is 1. The van der Waals surface area contributed by atoms with Crippen LogP contribution in [0.15, 0.2) is 43.1 Å². The second-order valence-corrected chi connectivity index (χ2v) is 18.6. The van der Waals surface area contributed by atoms with Crippen molar-refractivity contribution < 1.29 is 43.2 Å². The number of methoxy groups -OCH3 is 1. The SMILES string of the molecule is C=CC[C@@H]1[C@H]2N(CCCCn3cc(-c4cccc(N)c4)nn3)C(=O)O[C@]2(C)[C@@H](CC)OC(=O)[C@H](C)C(=O)[C@H](C)[C@@H](O[C@@H]2O[C@H](C)CC(N(C)C)C2O)[C@](C)(OC)C[C@@H](C)CN1C. The van der Waals surface area contributed by atoms with Gasteiger partial charge in [0, 0.05) is 56.0 Å². The molecular weight excluding hydrogens is 795 g/mol. The fourth-order valence-corrected chi connectivity index (χ4v) is 10.1. The molecular formula is C46H73N7O9. The number of Topliss-reactive ketones (excluding diaryl/α,β-unsaturated/α-hetero) is 1. The zero-order valence-corrected chi connectivity index (χ0v) is 38.9. The van der Waals surface area contributed by atoms with Crippen molar-refractivity contribution in [2.45, 2.75) is 154 Å². The van der Waals surface area contributed by atoms with Crippen molar-refractivity contribution in [2.24, 2.45) is 17.8 Å². The number of ether oxygens (including phenoxy) is 5. The molecule has 3 saturated heterocycles. The molecule has 346 valence electrons. The molecule has 62 heavy (non-hydrogen) atoms. The third-order valence-electron chi connectivity index (χ3n) is 13.5. The zero-order valence-electron chi connectivity index (χ0n) is 38.9. The minimum atomic E-state index is -1.28. The van der Waals surface area contributed by atoms with Gasteiger partial charge in [-0.2, -0.15) is 0 Å². The number of likely N-dealkylation sites (N-methyl/N-ethyl adjacent to an activating group) is 2. The van der Waals surface area contributed by atoms with Gasteiger partial charge in [-0.05, 0) is 105 Å². The Kier molecular flexibility index (Phi) is 16.4. The molecule has 3 aliphatic heterocycles. The van der Waals surface area contributed by atoms with Crippen LogP contribution >= 0.6 is 0 Å². The molecule has 1 aromatic heterocycles. The summed E-state index contributed by atoms with van der Waals surface area (Å²) in [4.78, 5) is 48.8. The van der Waals surface area contributed by atoms with Crippen LogP contribution < -0.4 is 5.73 Å². The van der Waals surface area contributed by atoms with Crippen molar-refractivity contribution in [3.8, 4) is 11.3 Å². The summed E-state index contributed by atoms with van der Waals surface area (Å²) in [7, 11) is 7.43. The lowest BCUT2D eigenvalue weighted by atomic mass is 9.78. The monoisotopic (exact) mass is 868 g/mol. The van der Waals surface area contributed by atoms with Crippen molar-refractivity contribution >= 4 is 23.5 Å². The van der Waals surface area contributed by atoms with E-state index in [1.54, 1.807) is 30.5 Å². The summed E-state index contributed by atoms with van der Waals surface area (Å²) in [6, 6.07) is 6.41. The molecule has 3 aliphatic rings. The summed E-state index contributed by atoms with van der Waals surface area (Å²) in [5.41, 5.74) is 5.89. The van der Waals surface area contributed by atoms with E-state index in [0.29, 0.717) is 63.8 Å². The molecule has 1 amide bonds. The maximum atomic E-state index is 14.5. The van der Waals surface area contributed by atoms with Crippen LogP contribution in [0.1, 0.15) is 87.0 Å². The van der Waals surface area contributed by atoms with Crippen LogP contribution in [-0.2, 0) is 39.8 Å². The van der Waals surface area contributed by atoms with Gasteiger partial charge in [0.15, 0.2) is 17.7 Å². The molecule has 2 unspecified atom stereocenters. The predicted molar refractivity (Wildman–Crippen MR) is 236 cm³/mol. The van der Waals surface area contributed by atoms with Crippen molar-refractivity contribution in [3.63, 3.8) is 0 Å². The summed E-state index contributed by atoms with van der Waals surface area (Å²) in [6.45, 7) is 18.6. The molecule has 0 aliphatic carbocycles. The number of fused-ring (bicyclic) bond motifs is 1. The highest BCUT2D eigenvalue weighted by molar-refractivity contribution is 6.00. The maximum Gasteiger partial charge on any atom is 0.410 e. The first-order chi connectivity index (χ1) is 29.3. The molecule has 16 nitrogen and oxygen atoms in total. The number of aliphatic hydroxyl groups is 1. The molecule has 2 aromatic rings. The molecule has 1 aromatic carbocycles. The van der Waals surface area contributed by atoms with Crippen molar-refractivity contribution in [3.05, 3.63) is 43.1 Å². The number of anilines is 1. The Balaban J connectivity index is 1.45. The molecule has 16 heteroatoms. The highest BCUT2D eigenvalue weighted by Gasteiger charge is 2.60. The van der Waals surface area contributed by atoms with Crippen LogP contribution in [0, 0.1) is 17.8 Å². The lowest BCUT2D eigenvalue weighted by Gasteiger charge is -2.47. The van der Waals surface area contributed by atoms with Crippen LogP contribution in [0.25, 0.3) is 11.3 Å². The zero-order chi connectivity index (χ0) is 45.7. The third kappa shape index (κ3) is 10.7. The molecule has 3 fully saturated rings.